The Bertz CT molecular complexity index is 777. The molecule has 1 saturated heterocycles. The Morgan fingerprint density at radius 2 is 1.62 bits per heavy atom. The third-order valence-electron chi connectivity index (χ3n) is 5.10. The number of nitro benzene ring substituents is 1. The van der Waals surface area contributed by atoms with Crippen molar-refractivity contribution < 1.29 is 14.4 Å². The molecule has 1 fully saturated rings. The summed E-state index contributed by atoms with van der Waals surface area (Å²) >= 11 is 0. The number of nitrogens with zero attached hydrogens (tertiary/aromatic N) is 3. The van der Waals surface area contributed by atoms with Crippen molar-refractivity contribution in [3.63, 3.8) is 0 Å². The van der Waals surface area contributed by atoms with Crippen molar-refractivity contribution in [1.82, 2.24) is 9.80 Å². The Balaban J connectivity index is 1.50. The summed E-state index contributed by atoms with van der Waals surface area (Å²) in [6, 6.07) is 14.6. The molecule has 29 heavy (non-hydrogen) atoms. The largest absolute Gasteiger partial charge is 0.487 e. The number of para-hydroxylation sites is 1. The zero-order valence-corrected chi connectivity index (χ0v) is 17.0. The lowest BCUT2D eigenvalue weighted by Gasteiger charge is -2.32. The van der Waals surface area contributed by atoms with Crippen LogP contribution in [-0.4, -0.2) is 61.1 Å². The van der Waals surface area contributed by atoms with Crippen LogP contribution in [0.3, 0.4) is 0 Å². The minimum atomic E-state index is -0.431. The van der Waals surface area contributed by atoms with E-state index in [0.29, 0.717) is 6.61 Å². The van der Waals surface area contributed by atoms with E-state index in [2.05, 4.69) is 16.8 Å². The van der Waals surface area contributed by atoms with Crippen LogP contribution < -0.4 is 9.47 Å². The molecule has 0 aromatic heterocycles. The molecule has 0 spiro atoms. The van der Waals surface area contributed by atoms with Gasteiger partial charge < -0.3 is 19.3 Å². The van der Waals surface area contributed by atoms with E-state index in [0.717, 1.165) is 51.1 Å². The smallest absolute Gasteiger partial charge is 0.352 e. The molecule has 3 rings (SSSR count). The second-order valence-electron chi connectivity index (χ2n) is 7.33. The Kier molecular flexibility index (Phi) is 7.84. The van der Waals surface area contributed by atoms with E-state index in [-0.39, 0.29) is 23.8 Å². The van der Waals surface area contributed by atoms with Crippen molar-refractivity contribution in [2.75, 3.05) is 46.4 Å². The summed E-state index contributed by atoms with van der Waals surface area (Å²) < 4.78 is 11.5. The van der Waals surface area contributed by atoms with E-state index in [4.69, 9.17) is 9.47 Å². The third-order valence-corrected chi connectivity index (χ3v) is 5.10. The second kappa shape index (κ2) is 10.8. The van der Waals surface area contributed by atoms with Crippen molar-refractivity contribution in [1.29, 1.82) is 0 Å². The molecule has 0 N–H and O–H groups in total. The predicted molar refractivity (Wildman–Crippen MR) is 113 cm³/mol. The second-order valence-corrected chi connectivity index (χ2v) is 7.33. The first-order valence-electron chi connectivity index (χ1n) is 10.1. The first-order valence-corrected chi connectivity index (χ1v) is 10.1. The van der Waals surface area contributed by atoms with Gasteiger partial charge in [-0.15, -0.1) is 0 Å². The van der Waals surface area contributed by atoms with Gasteiger partial charge in [0, 0.05) is 26.2 Å². The maximum Gasteiger partial charge on any atom is 0.352 e. The van der Waals surface area contributed by atoms with Crippen LogP contribution in [0.1, 0.15) is 18.4 Å². The van der Waals surface area contributed by atoms with Crippen LogP contribution in [0.5, 0.6) is 11.5 Å². The van der Waals surface area contributed by atoms with Gasteiger partial charge in [0.25, 0.3) is 0 Å². The van der Waals surface area contributed by atoms with Crippen LogP contribution in [0.25, 0.3) is 0 Å². The molecule has 1 heterocycles. The van der Waals surface area contributed by atoms with Crippen molar-refractivity contribution in [2.24, 2.45) is 0 Å². The minimum absolute atomic E-state index is 0.109. The highest BCUT2D eigenvalue weighted by Gasteiger charge is 2.22. The summed E-state index contributed by atoms with van der Waals surface area (Å²) in [6.07, 6.45) is 1.88. The molecule has 0 amide bonds. The fourth-order valence-corrected chi connectivity index (χ4v) is 3.34. The zero-order chi connectivity index (χ0) is 20.5. The van der Waals surface area contributed by atoms with Gasteiger partial charge in [0.15, 0.2) is 0 Å². The van der Waals surface area contributed by atoms with E-state index < -0.39 is 4.92 Å². The summed E-state index contributed by atoms with van der Waals surface area (Å²) in [5.41, 5.74) is 0.847. The Morgan fingerprint density at radius 3 is 2.31 bits per heavy atom. The van der Waals surface area contributed by atoms with Crippen LogP contribution in [0.2, 0.25) is 0 Å². The average Bonchev–Trinajstić information content (AvgIpc) is 2.74. The number of hydrogen-bond acceptors (Lipinski definition) is 6. The number of benzene rings is 2. The molecule has 2 aromatic carbocycles. The standard InChI is InChI=1S/C22H29N3O4/c1-23-13-15-24(16-14-23)12-5-6-17-28-20-10-7-11-21(22(20)25(26)27)29-18-19-8-3-2-4-9-19/h2-4,7-11H,5-6,12-18H2,1H3. The summed E-state index contributed by atoms with van der Waals surface area (Å²) in [5, 5.41) is 11.6. The molecule has 0 atom stereocenters. The molecule has 0 saturated carbocycles. The van der Waals surface area contributed by atoms with E-state index in [1.54, 1.807) is 18.2 Å². The summed E-state index contributed by atoms with van der Waals surface area (Å²) in [6.45, 7) is 6.19. The van der Waals surface area contributed by atoms with Crippen molar-refractivity contribution in [2.45, 2.75) is 19.4 Å². The highest BCUT2D eigenvalue weighted by Crippen LogP contribution is 2.37. The van der Waals surface area contributed by atoms with Crippen molar-refractivity contribution >= 4 is 5.69 Å². The number of hydrogen-bond donors (Lipinski definition) is 0. The van der Waals surface area contributed by atoms with Crippen LogP contribution in [0, 0.1) is 10.1 Å². The van der Waals surface area contributed by atoms with Crippen molar-refractivity contribution in [3.05, 3.63) is 64.2 Å². The maximum atomic E-state index is 11.6. The van der Waals surface area contributed by atoms with Crippen LogP contribution in [-0.2, 0) is 6.61 Å². The topological polar surface area (TPSA) is 68.1 Å². The van der Waals surface area contributed by atoms with E-state index in [9.17, 15) is 10.1 Å². The van der Waals surface area contributed by atoms with Gasteiger partial charge in [-0.2, -0.15) is 0 Å². The highest BCUT2D eigenvalue weighted by atomic mass is 16.6. The molecule has 0 unspecified atom stereocenters. The number of unbranched alkanes of at least 4 members (excludes halogenated alkanes) is 1. The first-order chi connectivity index (χ1) is 14.1. The zero-order valence-electron chi connectivity index (χ0n) is 17.0. The molecule has 2 aromatic rings. The first kappa shape index (κ1) is 21.1. The molecule has 156 valence electrons. The molecule has 1 aliphatic heterocycles. The molecular formula is C22H29N3O4. The van der Waals surface area contributed by atoms with Gasteiger partial charge in [0.1, 0.15) is 6.61 Å². The molecule has 7 nitrogen and oxygen atoms in total. The Labute approximate surface area is 172 Å². The number of rotatable bonds is 10. The highest BCUT2D eigenvalue weighted by molar-refractivity contribution is 5.57. The Morgan fingerprint density at radius 1 is 0.931 bits per heavy atom. The number of nitro groups is 1. The quantitative estimate of drug-likeness (QED) is 0.346. The van der Waals surface area contributed by atoms with Crippen LogP contribution >= 0.6 is 0 Å². The van der Waals surface area contributed by atoms with Gasteiger partial charge in [-0.1, -0.05) is 36.4 Å². The normalized spacial score (nSPS) is 15.2. The number of likely N-dealkylation sites (N-methyl/N-ethyl adjacent to an activating group) is 1. The number of piperazine rings is 1. The van der Waals surface area contributed by atoms with Gasteiger partial charge in [0.05, 0.1) is 11.5 Å². The SMILES string of the molecule is CN1CCN(CCCCOc2cccc(OCc3ccccc3)c2[N+](=O)[O-])CC1. The van der Waals surface area contributed by atoms with Gasteiger partial charge in [-0.25, -0.2) is 0 Å². The molecule has 1 aliphatic rings. The Hall–Kier alpha value is -2.64. The van der Waals surface area contributed by atoms with Crippen LogP contribution in [0.4, 0.5) is 5.69 Å². The van der Waals surface area contributed by atoms with E-state index in [1.165, 1.54) is 0 Å². The molecule has 0 aliphatic carbocycles. The monoisotopic (exact) mass is 399 g/mol. The van der Waals surface area contributed by atoms with Crippen molar-refractivity contribution in [3.8, 4) is 11.5 Å². The lowest BCUT2D eigenvalue weighted by atomic mass is 10.2. The molecule has 7 heteroatoms. The van der Waals surface area contributed by atoms with Gasteiger partial charge in [0.2, 0.25) is 11.5 Å². The van der Waals surface area contributed by atoms with Gasteiger partial charge in [-0.05, 0) is 44.1 Å². The average molecular weight is 399 g/mol. The lowest BCUT2D eigenvalue weighted by Crippen LogP contribution is -2.44. The third kappa shape index (κ3) is 6.44. The fraction of sp³-hybridized carbons (Fsp3) is 0.455. The van der Waals surface area contributed by atoms with Crippen LogP contribution in [0.15, 0.2) is 48.5 Å². The predicted octanol–water partition coefficient (Wildman–Crippen LogP) is 3.58. The molecule has 0 bridgehead atoms. The molecular weight excluding hydrogens is 370 g/mol. The van der Waals surface area contributed by atoms with E-state index >= 15 is 0 Å². The van der Waals surface area contributed by atoms with E-state index in [1.807, 2.05) is 30.3 Å². The lowest BCUT2D eigenvalue weighted by molar-refractivity contribution is -0.387. The maximum absolute atomic E-state index is 11.6. The van der Waals surface area contributed by atoms with Gasteiger partial charge >= 0.3 is 5.69 Å². The minimum Gasteiger partial charge on any atom is -0.487 e. The molecule has 0 radical (unpaired) electrons. The summed E-state index contributed by atoms with van der Waals surface area (Å²) in [7, 11) is 2.15. The summed E-state index contributed by atoms with van der Waals surface area (Å²) in [5.74, 6) is 0.494. The summed E-state index contributed by atoms with van der Waals surface area (Å²) in [4.78, 5) is 16.0. The fourth-order valence-electron chi connectivity index (χ4n) is 3.34. The van der Waals surface area contributed by atoms with Gasteiger partial charge in [-0.3, -0.25) is 10.1 Å². The number of ether oxygens (including phenoxy) is 2.